The van der Waals surface area contributed by atoms with E-state index in [0.29, 0.717) is 11.0 Å². The summed E-state index contributed by atoms with van der Waals surface area (Å²) in [6.45, 7) is 7.42. The van der Waals surface area contributed by atoms with E-state index in [0.717, 1.165) is 12.1 Å². The molecule has 3 N–H and O–H groups in total. The number of nitrogens with zero attached hydrogens (tertiary/aromatic N) is 1. The minimum atomic E-state index is -0.502. The largest absolute Gasteiger partial charge is 0.444 e. The van der Waals surface area contributed by atoms with E-state index in [1.165, 1.54) is 16.2 Å². The van der Waals surface area contributed by atoms with Gasteiger partial charge < -0.3 is 10.5 Å². The Hall–Kier alpha value is -1.14. The second kappa shape index (κ2) is 4.51. The Morgan fingerprint density at radius 3 is 2.67 bits per heavy atom. The number of aromatic nitrogens is 1. The number of thiazole rings is 1. The molecular weight excluding hydrogens is 250 g/mol. The molecule has 0 radical (unpaired) electrons. The number of aryl methyl sites for hydroxylation is 1. The highest BCUT2D eigenvalue weighted by Gasteiger charge is 2.38. The molecule has 1 aliphatic carbocycles. The number of ether oxygens (including phenoxy) is 1. The zero-order chi connectivity index (χ0) is 13.5. The highest BCUT2D eigenvalue weighted by atomic mass is 32.1. The highest BCUT2D eigenvalue weighted by molar-refractivity contribution is 7.16. The lowest BCUT2D eigenvalue weighted by atomic mass is 10.2. The molecule has 1 aromatic heterocycles. The molecule has 1 aromatic rings. The summed E-state index contributed by atoms with van der Waals surface area (Å²) in [5.74, 6) is 0.414. The van der Waals surface area contributed by atoms with Crippen LogP contribution in [0.25, 0.3) is 0 Å². The van der Waals surface area contributed by atoms with Gasteiger partial charge in [-0.15, -0.1) is 11.3 Å². The molecule has 0 aliphatic heterocycles. The van der Waals surface area contributed by atoms with Gasteiger partial charge in [-0.3, -0.25) is 5.32 Å². The van der Waals surface area contributed by atoms with Crippen LogP contribution >= 0.6 is 11.3 Å². The molecule has 1 aliphatic rings. The van der Waals surface area contributed by atoms with Gasteiger partial charge in [-0.2, -0.15) is 0 Å². The van der Waals surface area contributed by atoms with Crippen LogP contribution in [0.15, 0.2) is 0 Å². The quantitative estimate of drug-likeness (QED) is 0.865. The van der Waals surface area contributed by atoms with E-state index in [9.17, 15) is 4.79 Å². The molecule has 6 heteroatoms. The van der Waals surface area contributed by atoms with E-state index >= 15 is 0 Å². The minimum Gasteiger partial charge on any atom is -0.444 e. The summed E-state index contributed by atoms with van der Waals surface area (Å²) in [7, 11) is 0. The maximum Gasteiger partial charge on any atom is 0.413 e. The van der Waals surface area contributed by atoms with Crippen LogP contribution in [-0.2, 0) is 4.74 Å². The van der Waals surface area contributed by atoms with Crippen LogP contribution in [0.2, 0.25) is 0 Å². The van der Waals surface area contributed by atoms with E-state index in [4.69, 9.17) is 10.5 Å². The predicted molar refractivity (Wildman–Crippen MR) is 72.0 cm³/mol. The molecule has 1 saturated carbocycles. The third kappa shape index (κ3) is 3.20. The fourth-order valence-electron chi connectivity index (χ4n) is 1.71. The van der Waals surface area contributed by atoms with Gasteiger partial charge in [0.25, 0.3) is 0 Å². The Kier molecular flexibility index (Phi) is 3.33. The molecule has 2 unspecified atom stereocenters. The number of nitrogens with two attached hydrogens (primary N) is 1. The number of anilines is 1. The predicted octanol–water partition coefficient (Wildman–Crippen LogP) is 2.61. The lowest BCUT2D eigenvalue weighted by molar-refractivity contribution is 0.0636. The molecule has 1 fully saturated rings. The zero-order valence-electron chi connectivity index (χ0n) is 11.1. The van der Waals surface area contributed by atoms with Crippen molar-refractivity contribution in [2.45, 2.75) is 51.7 Å². The monoisotopic (exact) mass is 269 g/mol. The average molecular weight is 269 g/mol. The van der Waals surface area contributed by atoms with Crippen LogP contribution in [0.3, 0.4) is 0 Å². The van der Waals surface area contributed by atoms with E-state index in [1.54, 1.807) is 0 Å². The zero-order valence-corrected chi connectivity index (χ0v) is 11.9. The fraction of sp³-hybridized carbons (Fsp3) is 0.667. The molecule has 0 saturated heterocycles. The first kappa shape index (κ1) is 13.3. The second-order valence-electron chi connectivity index (χ2n) is 5.60. The Balaban J connectivity index is 2.00. The normalized spacial score (nSPS) is 22.7. The van der Waals surface area contributed by atoms with Gasteiger partial charge >= 0.3 is 6.09 Å². The summed E-state index contributed by atoms with van der Waals surface area (Å²) in [5, 5.41) is 3.24. The molecule has 5 nitrogen and oxygen atoms in total. The highest BCUT2D eigenvalue weighted by Crippen LogP contribution is 2.44. The van der Waals surface area contributed by atoms with Crippen molar-refractivity contribution in [2.24, 2.45) is 5.73 Å². The summed E-state index contributed by atoms with van der Waals surface area (Å²) in [5.41, 5.74) is 6.27. The van der Waals surface area contributed by atoms with E-state index in [2.05, 4.69) is 10.3 Å². The number of nitrogens with one attached hydrogen (secondary N) is 1. The Morgan fingerprint density at radius 2 is 2.17 bits per heavy atom. The van der Waals surface area contributed by atoms with Crippen LogP contribution in [-0.4, -0.2) is 22.7 Å². The van der Waals surface area contributed by atoms with Crippen molar-refractivity contribution in [3.05, 3.63) is 10.6 Å². The third-order valence-corrected chi connectivity index (χ3v) is 3.82. The average Bonchev–Trinajstić information content (AvgIpc) is 2.77. The fourth-order valence-corrected chi connectivity index (χ4v) is 2.85. The number of carbonyl (C=O) groups is 1. The SMILES string of the molecule is Cc1nc(NC(=O)OC(C)(C)C)sc1C1CC1N. The van der Waals surface area contributed by atoms with Crippen molar-refractivity contribution in [3.8, 4) is 0 Å². The molecular formula is C12H19N3O2S. The van der Waals surface area contributed by atoms with E-state index in [1.807, 2.05) is 27.7 Å². The molecule has 0 spiro atoms. The van der Waals surface area contributed by atoms with E-state index in [-0.39, 0.29) is 6.04 Å². The van der Waals surface area contributed by atoms with Crippen LogP contribution in [0.4, 0.5) is 9.93 Å². The molecule has 0 bridgehead atoms. The first-order valence-corrected chi connectivity index (χ1v) is 6.81. The molecule has 100 valence electrons. The van der Waals surface area contributed by atoms with Crippen molar-refractivity contribution >= 4 is 22.6 Å². The topological polar surface area (TPSA) is 77.2 Å². The summed E-state index contributed by atoms with van der Waals surface area (Å²) in [6, 6.07) is 0.249. The van der Waals surface area contributed by atoms with Crippen LogP contribution in [0.5, 0.6) is 0 Å². The lowest BCUT2D eigenvalue weighted by Crippen LogP contribution is -2.27. The second-order valence-corrected chi connectivity index (χ2v) is 6.63. The Labute approximate surface area is 111 Å². The Morgan fingerprint density at radius 1 is 1.56 bits per heavy atom. The summed E-state index contributed by atoms with van der Waals surface area (Å²) >= 11 is 1.49. The standard InChI is InChI=1S/C12H19N3O2S/c1-6-9(7-5-8(7)13)18-10(14-6)15-11(16)17-12(2,3)4/h7-8H,5,13H2,1-4H3,(H,14,15,16). The van der Waals surface area contributed by atoms with Crippen molar-refractivity contribution < 1.29 is 9.53 Å². The van der Waals surface area contributed by atoms with Crippen molar-refractivity contribution in [2.75, 3.05) is 5.32 Å². The van der Waals surface area contributed by atoms with Crippen LogP contribution in [0, 0.1) is 6.92 Å². The van der Waals surface area contributed by atoms with Gasteiger partial charge in [0.05, 0.1) is 5.69 Å². The maximum atomic E-state index is 11.6. The van der Waals surface area contributed by atoms with Gasteiger partial charge in [-0.1, -0.05) is 0 Å². The number of hydrogen-bond donors (Lipinski definition) is 2. The van der Waals surface area contributed by atoms with Crippen molar-refractivity contribution in [3.63, 3.8) is 0 Å². The Bertz CT molecular complexity index is 464. The lowest BCUT2D eigenvalue weighted by Gasteiger charge is -2.18. The number of rotatable bonds is 2. The van der Waals surface area contributed by atoms with Gasteiger partial charge in [0.1, 0.15) is 5.60 Å². The van der Waals surface area contributed by atoms with E-state index < -0.39 is 11.7 Å². The number of carbonyl (C=O) groups excluding carboxylic acids is 1. The van der Waals surface area contributed by atoms with Gasteiger partial charge in [0.15, 0.2) is 5.13 Å². The number of amides is 1. The van der Waals surface area contributed by atoms with Gasteiger partial charge in [-0.05, 0) is 34.1 Å². The van der Waals surface area contributed by atoms with Gasteiger partial charge in [0.2, 0.25) is 0 Å². The summed E-state index contributed by atoms with van der Waals surface area (Å²) in [4.78, 5) is 17.1. The smallest absolute Gasteiger partial charge is 0.413 e. The molecule has 1 heterocycles. The first-order chi connectivity index (χ1) is 8.26. The molecule has 18 heavy (non-hydrogen) atoms. The van der Waals surface area contributed by atoms with Crippen LogP contribution < -0.4 is 11.1 Å². The van der Waals surface area contributed by atoms with Crippen molar-refractivity contribution in [1.82, 2.24) is 4.98 Å². The van der Waals surface area contributed by atoms with Gasteiger partial charge in [0, 0.05) is 16.8 Å². The summed E-state index contributed by atoms with van der Waals surface area (Å²) in [6.07, 6.45) is 0.539. The van der Waals surface area contributed by atoms with Crippen molar-refractivity contribution in [1.29, 1.82) is 0 Å². The number of hydrogen-bond acceptors (Lipinski definition) is 5. The molecule has 0 aromatic carbocycles. The summed E-state index contributed by atoms with van der Waals surface area (Å²) < 4.78 is 5.18. The van der Waals surface area contributed by atoms with Gasteiger partial charge in [-0.25, -0.2) is 9.78 Å². The first-order valence-electron chi connectivity index (χ1n) is 5.99. The third-order valence-electron chi connectivity index (χ3n) is 2.62. The minimum absolute atomic E-state index is 0.249. The maximum absolute atomic E-state index is 11.6. The van der Waals surface area contributed by atoms with Crippen LogP contribution in [0.1, 0.15) is 43.7 Å². The molecule has 2 atom stereocenters. The molecule has 2 rings (SSSR count). The molecule has 1 amide bonds.